The molecule has 0 bridgehead atoms. The quantitative estimate of drug-likeness (QED) is 0.743. The first kappa shape index (κ1) is 11.7. The first-order valence-corrected chi connectivity index (χ1v) is 5.93. The number of rotatable bonds is 2. The third kappa shape index (κ3) is 1.77. The summed E-state index contributed by atoms with van der Waals surface area (Å²) in [5.41, 5.74) is 9.63. The molecule has 1 aromatic carbocycles. The number of nitrogens with two attached hydrogens (primary N) is 1. The van der Waals surface area contributed by atoms with Crippen LogP contribution in [0.15, 0.2) is 33.5 Å². The molecule has 0 aliphatic heterocycles. The maximum atomic E-state index is 11.5. The molecule has 3 aromatic rings. The normalized spacial score (nSPS) is 11.3. The van der Waals surface area contributed by atoms with Crippen molar-refractivity contribution in [1.82, 2.24) is 14.3 Å². The van der Waals surface area contributed by atoms with Crippen LogP contribution < -0.4 is 11.5 Å². The van der Waals surface area contributed by atoms with Crippen LogP contribution in [0, 0.1) is 0 Å². The second kappa shape index (κ2) is 4.10. The Labute approximate surface area is 109 Å². The second-order valence-corrected chi connectivity index (χ2v) is 4.46. The number of aryl methyl sites for hydroxylation is 2. The number of fused-ring (bicyclic) bond motifs is 1. The van der Waals surface area contributed by atoms with E-state index in [-0.39, 0.29) is 5.76 Å². The SMILES string of the molecule is Cn1nc(CN)cc1-c1ccc2c(c1)oc(=O)n2C. The Hall–Kier alpha value is -2.34. The highest BCUT2D eigenvalue weighted by atomic mass is 16.4. The van der Waals surface area contributed by atoms with Gasteiger partial charge in [-0.05, 0) is 18.2 Å². The molecule has 0 amide bonds. The van der Waals surface area contributed by atoms with Gasteiger partial charge >= 0.3 is 5.76 Å². The van der Waals surface area contributed by atoms with Crippen LogP contribution in [0.2, 0.25) is 0 Å². The smallest absolute Gasteiger partial charge is 0.408 e. The van der Waals surface area contributed by atoms with Crippen molar-refractivity contribution in [1.29, 1.82) is 0 Å². The molecule has 0 fully saturated rings. The minimum atomic E-state index is -0.361. The molecular formula is C13H14N4O2. The van der Waals surface area contributed by atoms with E-state index in [9.17, 15) is 4.79 Å². The lowest BCUT2D eigenvalue weighted by Crippen LogP contribution is -2.08. The van der Waals surface area contributed by atoms with Gasteiger partial charge in [-0.2, -0.15) is 5.10 Å². The number of oxazole rings is 1. The largest absolute Gasteiger partial charge is 0.419 e. The van der Waals surface area contributed by atoms with Gasteiger partial charge in [-0.15, -0.1) is 0 Å². The van der Waals surface area contributed by atoms with Crippen LogP contribution >= 0.6 is 0 Å². The highest BCUT2D eigenvalue weighted by Crippen LogP contribution is 2.24. The minimum Gasteiger partial charge on any atom is -0.408 e. The highest BCUT2D eigenvalue weighted by Gasteiger charge is 2.10. The summed E-state index contributed by atoms with van der Waals surface area (Å²) in [6, 6.07) is 7.58. The summed E-state index contributed by atoms with van der Waals surface area (Å²) < 4.78 is 8.43. The fourth-order valence-electron chi connectivity index (χ4n) is 2.19. The van der Waals surface area contributed by atoms with Gasteiger partial charge in [0.15, 0.2) is 5.58 Å². The molecule has 0 radical (unpaired) electrons. The van der Waals surface area contributed by atoms with Crippen molar-refractivity contribution in [3.63, 3.8) is 0 Å². The predicted molar refractivity (Wildman–Crippen MR) is 71.5 cm³/mol. The van der Waals surface area contributed by atoms with Gasteiger partial charge in [-0.1, -0.05) is 6.07 Å². The van der Waals surface area contributed by atoms with Crippen molar-refractivity contribution >= 4 is 11.1 Å². The molecule has 0 aliphatic rings. The molecule has 0 aliphatic carbocycles. The highest BCUT2D eigenvalue weighted by molar-refractivity contribution is 5.79. The first-order chi connectivity index (χ1) is 9.10. The van der Waals surface area contributed by atoms with Gasteiger partial charge in [0.2, 0.25) is 0 Å². The van der Waals surface area contributed by atoms with Gasteiger partial charge in [-0.3, -0.25) is 9.25 Å². The standard InChI is InChI=1S/C13H14N4O2/c1-16-10-4-3-8(5-12(10)19-13(16)18)11-6-9(7-14)15-17(11)2/h3-6H,7,14H2,1-2H3. The second-order valence-electron chi connectivity index (χ2n) is 4.46. The topological polar surface area (TPSA) is 79.0 Å². The molecule has 0 saturated heterocycles. The number of hydrogen-bond acceptors (Lipinski definition) is 4. The van der Waals surface area contributed by atoms with Gasteiger partial charge < -0.3 is 10.2 Å². The zero-order valence-corrected chi connectivity index (χ0v) is 10.8. The monoisotopic (exact) mass is 258 g/mol. The number of hydrogen-bond donors (Lipinski definition) is 1. The fourth-order valence-corrected chi connectivity index (χ4v) is 2.19. The Morgan fingerprint density at radius 1 is 1.32 bits per heavy atom. The van der Waals surface area contributed by atoms with Crippen molar-refractivity contribution in [2.24, 2.45) is 19.8 Å². The fraction of sp³-hybridized carbons (Fsp3) is 0.231. The molecular weight excluding hydrogens is 244 g/mol. The van der Waals surface area contributed by atoms with E-state index in [0.29, 0.717) is 12.1 Å². The number of nitrogens with zero attached hydrogens (tertiary/aromatic N) is 3. The van der Waals surface area contributed by atoms with Crippen molar-refractivity contribution in [2.75, 3.05) is 0 Å². The van der Waals surface area contributed by atoms with E-state index in [1.165, 1.54) is 4.57 Å². The van der Waals surface area contributed by atoms with Gasteiger partial charge in [-0.25, -0.2) is 4.79 Å². The lowest BCUT2D eigenvalue weighted by atomic mass is 10.1. The Morgan fingerprint density at radius 2 is 2.11 bits per heavy atom. The summed E-state index contributed by atoms with van der Waals surface area (Å²) in [6.45, 7) is 0.399. The molecule has 2 aromatic heterocycles. The summed E-state index contributed by atoms with van der Waals surface area (Å²) in [5, 5.41) is 4.30. The van der Waals surface area contributed by atoms with Gasteiger partial charge in [0.1, 0.15) is 0 Å². The number of benzene rings is 1. The molecule has 0 saturated carbocycles. The Kier molecular flexibility index (Phi) is 2.53. The van der Waals surface area contributed by atoms with E-state index in [1.54, 1.807) is 11.7 Å². The minimum absolute atomic E-state index is 0.361. The molecule has 0 unspecified atom stereocenters. The van der Waals surface area contributed by atoms with Crippen LogP contribution in [-0.2, 0) is 20.6 Å². The van der Waals surface area contributed by atoms with Gasteiger partial charge in [0, 0.05) is 26.2 Å². The molecule has 6 heteroatoms. The summed E-state index contributed by atoms with van der Waals surface area (Å²) in [7, 11) is 3.55. The zero-order valence-electron chi connectivity index (χ0n) is 10.8. The maximum absolute atomic E-state index is 11.5. The molecule has 2 heterocycles. The van der Waals surface area contributed by atoms with Crippen LogP contribution in [0.4, 0.5) is 0 Å². The molecule has 0 spiro atoms. The van der Waals surface area contributed by atoms with Crippen LogP contribution in [0.3, 0.4) is 0 Å². The molecule has 98 valence electrons. The summed E-state index contributed by atoms with van der Waals surface area (Å²) in [4.78, 5) is 11.5. The van der Waals surface area contributed by atoms with Crippen molar-refractivity contribution in [3.8, 4) is 11.3 Å². The van der Waals surface area contributed by atoms with Crippen LogP contribution in [-0.4, -0.2) is 14.3 Å². The summed E-state index contributed by atoms with van der Waals surface area (Å²) >= 11 is 0. The Morgan fingerprint density at radius 3 is 2.79 bits per heavy atom. The lowest BCUT2D eigenvalue weighted by Gasteiger charge is -2.01. The van der Waals surface area contributed by atoms with Crippen LogP contribution in [0.1, 0.15) is 5.69 Å². The number of aromatic nitrogens is 3. The zero-order chi connectivity index (χ0) is 13.6. The van der Waals surface area contributed by atoms with Crippen molar-refractivity contribution < 1.29 is 4.42 Å². The van der Waals surface area contributed by atoms with E-state index in [0.717, 1.165) is 22.5 Å². The summed E-state index contributed by atoms with van der Waals surface area (Å²) in [6.07, 6.45) is 0. The van der Waals surface area contributed by atoms with Crippen LogP contribution in [0.25, 0.3) is 22.4 Å². The van der Waals surface area contributed by atoms with Crippen LogP contribution in [0.5, 0.6) is 0 Å². The molecule has 3 rings (SSSR count). The average molecular weight is 258 g/mol. The summed E-state index contributed by atoms with van der Waals surface area (Å²) in [5.74, 6) is -0.361. The van der Waals surface area contributed by atoms with E-state index in [4.69, 9.17) is 10.2 Å². The van der Waals surface area contributed by atoms with Gasteiger partial charge in [0.05, 0.1) is 16.9 Å². The third-order valence-electron chi connectivity index (χ3n) is 3.23. The predicted octanol–water partition coefficient (Wildman–Crippen LogP) is 0.991. The van der Waals surface area contributed by atoms with Gasteiger partial charge in [0.25, 0.3) is 0 Å². The third-order valence-corrected chi connectivity index (χ3v) is 3.23. The average Bonchev–Trinajstić information content (AvgIpc) is 2.91. The molecule has 2 N–H and O–H groups in total. The van der Waals surface area contributed by atoms with Crippen molar-refractivity contribution in [2.45, 2.75) is 6.54 Å². The molecule has 0 atom stereocenters. The lowest BCUT2D eigenvalue weighted by molar-refractivity contribution is 0.528. The van der Waals surface area contributed by atoms with E-state index < -0.39 is 0 Å². The maximum Gasteiger partial charge on any atom is 0.419 e. The molecule has 6 nitrogen and oxygen atoms in total. The van der Waals surface area contributed by atoms with E-state index in [2.05, 4.69) is 5.10 Å². The molecule has 19 heavy (non-hydrogen) atoms. The Balaban J connectivity index is 2.20. The van der Waals surface area contributed by atoms with Crippen molar-refractivity contribution in [3.05, 3.63) is 40.5 Å². The van der Waals surface area contributed by atoms with E-state index in [1.807, 2.05) is 31.3 Å². The first-order valence-electron chi connectivity index (χ1n) is 5.93. The van der Waals surface area contributed by atoms with E-state index >= 15 is 0 Å². The Bertz CT molecular complexity index is 810.